The number of fused-ring (bicyclic) bond motifs is 2. The summed E-state index contributed by atoms with van der Waals surface area (Å²) in [6.45, 7) is 6.66. The van der Waals surface area contributed by atoms with Gasteiger partial charge in [-0.1, -0.05) is 17.7 Å². The largest absolute Gasteiger partial charge is 0.496 e. The minimum Gasteiger partial charge on any atom is -0.496 e. The number of hydrogen-bond donors (Lipinski definition) is 1. The fourth-order valence-corrected chi connectivity index (χ4v) is 6.37. The fraction of sp³-hybridized carbons (Fsp3) is 0.522. The van der Waals surface area contributed by atoms with Gasteiger partial charge in [0.15, 0.2) is 0 Å². The van der Waals surface area contributed by atoms with E-state index >= 15 is 0 Å². The maximum absolute atomic E-state index is 12.6. The molecule has 2 aliphatic heterocycles. The van der Waals surface area contributed by atoms with Crippen LogP contribution < -0.4 is 10.1 Å². The number of methoxy groups -OCH3 is 1. The maximum atomic E-state index is 12.6. The number of rotatable bonds is 5. The summed E-state index contributed by atoms with van der Waals surface area (Å²) in [5, 5.41) is 5.66. The van der Waals surface area contributed by atoms with Crippen LogP contribution >= 0.6 is 22.9 Å². The van der Waals surface area contributed by atoms with Crippen LogP contribution in [0, 0.1) is 13.8 Å². The third-order valence-electron chi connectivity index (χ3n) is 6.84. The van der Waals surface area contributed by atoms with Gasteiger partial charge >= 0.3 is 0 Å². The predicted molar refractivity (Wildman–Crippen MR) is 119 cm³/mol. The number of amides is 1. The van der Waals surface area contributed by atoms with Crippen molar-refractivity contribution in [3.63, 3.8) is 0 Å². The van der Waals surface area contributed by atoms with E-state index in [1.807, 2.05) is 5.38 Å². The standard InChI is InChI=1S/C23H29ClN2O2S/c1-13-14(2)21(28-4)8-7-19(13)15(3)26-17-5-6-18(26)12-16(11-17)25-23(27)22-20(24)9-10-29-22/h7-10,15-18H,5-6,11-12H2,1-4H3,(H,25,27). The Morgan fingerprint density at radius 3 is 2.48 bits per heavy atom. The molecule has 156 valence electrons. The number of hydrogen-bond acceptors (Lipinski definition) is 4. The van der Waals surface area contributed by atoms with Gasteiger partial charge in [-0.05, 0) is 80.7 Å². The third-order valence-corrected chi connectivity index (χ3v) is 8.18. The zero-order chi connectivity index (χ0) is 20.7. The first kappa shape index (κ1) is 20.7. The van der Waals surface area contributed by atoms with E-state index in [9.17, 15) is 4.79 Å². The van der Waals surface area contributed by atoms with Gasteiger partial charge in [0, 0.05) is 24.2 Å². The van der Waals surface area contributed by atoms with E-state index in [4.69, 9.17) is 16.3 Å². The normalized spacial score (nSPS) is 25.1. The number of nitrogens with zero attached hydrogens (tertiary/aromatic N) is 1. The van der Waals surface area contributed by atoms with Crippen molar-refractivity contribution >= 4 is 28.8 Å². The summed E-state index contributed by atoms with van der Waals surface area (Å²) in [6.07, 6.45) is 4.41. The first-order valence-electron chi connectivity index (χ1n) is 10.4. The number of ether oxygens (including phenoxy) is 1. The van der Waals surface area contributed by atoms with Gasteiger partial charge in [-0.2, -0.15) is 0 Å². The zero-order valence-electron chi connectivity index (χ0n) is 17.5. The molecule has 0 spiro atoms. The Bertz CT molecular complexity index is 898. The van der Waals surface area contributed by atoms with Crippen molar-refractivity contribution in [3.05, 3.63) is 50.2 Å². The summed E-state index contributed by atoms with van der Waals surface area (Å²) in [6, 6.07) is 7.70. The Hall–Kier alpha value is -1.56. The molecule has 0 radical (unpaired) electrons. The molecule has 4 nitrogen and oxygen atoms in total. The van der Waals surface area contributed by atoms with Crippen molar-refractivity contribution in [2.75, 3.05) is 7.11 Å². The van der Waals surface area contributed by atoms with E-state index in [-0.39, 0.29) is 11.9 Å². The van der Waals surface area contributed by atoms with Gasteiger partial charge < -0.3 is 10.1 Å². The van der Waals surface area contributed by atoms with E-state index in [1.165, 1.54) is 40.9 Å². The summed E-state index contributed by atoms with van der Waals surface area (Å²) < 4.78 is 5.49. The lowest BCUT2D eigenvalue weighted by atomic mass is 9.91. The Kier molecular flexibility index (Phi) is 5.92. The molecule has 2 aliphatic rings. The molecule has 1 amide bonds. The molecule has 2 aromatic rings. The molecule has 0 saturated carbocycles. The molecule has 3 atom stereocenters. The molecule has 2 saturated heterocycles. The summed E-state index contributed by atoms with van der Waals surface area (Å²) in [5.41, 5.74) is 3.92. The maximum Gasteiger partial charge on any atom is 0.263 e. The highest BCUT2D eigenvalue weighted by Gasteiger charge is 2.43. The van der Waals surface area contributed by atoms with Crippen molar-refractivity contribution in [3.8, 4) is 5.75 Å². The lowest BCUT2D eigenvalue weighted by Gasteiger charge is -2.43. The molecule has 2 bridgehead atoms. The van der Waals surface area contributed by atoms with Crippen LogP contribution in [-0.2, 0) is 0 Å². The molecular weight excluding hydrogens is 404 g/mol. The van der Waals surface area contributed by atoms with Crippen LogP contribution in [0.5, 0.6) is 5.75 Å². The highest BCUT2D eigenvalue weighted by atomic mass is 35.5. The predicted octanol–water partition coefficient (Wildman–Crippen LogP) is 5.51. The molecule has 1 aromatic heterocycles. The van der Waals surface area contributed by atoms with E-state index < -0.39 is 0 Å². The van der Waals surface area contributed by atoms with Crippen molar-refractivity contribution in [1.82, 2.24) is 10.2 Å². The lowest BCUT2D eigenvalue weighted by Crippen LogP contribution is -2.51. The number of thiophene rings is 1. The fourth-order valence-electron chi connectivity index (χ4n) is 5.32. The SMILES string of the molecule is COc1ccc(C(C)N2C3CCC2CC(NC(=O)c2sccc2Cl)C3)c(C)c1C. The molecule has 4 rings (SSSR count). The second-order valence-electron chi connectivity index (χ2n) is 8.35. The minimum atomic E-state index is -0.0301. The van der Waals surface area contributed by atoms with Gasteiger partial charge in [0.2, 0.25) is 0 Å². The number of nitrogens with one attached hydrogen (secondary N) is 1. The highest BCUT2D eigenvalue weighted by molar-refractivity contribution is 7.12. The van der Waals surface area contributed by atoms with Gasteiger partial charge in [0.05, 0.1) is 12.1 Å². The zero-order valence-corrected chi connectivity index (χ0v) is 19.1. The Labute approximate surface area is 182 Å². The average Bonchev–Trinajstić information content (AvgIpc) is 3.24. The topological polar surface area (TPSA) is 41.6 Å². The monoisotopic (exact) mass is 432 g/mol. The Morgan fingerprint density at radius 2 is 1.90 bits per heavy atom. The molecule has 1 N–H and O–H groups in total. The number of piperidine rings is 1. The van der Waals surface area contributed by atoms with Crippen molar-refractivity contribution in [1.29, 1.82) is 0 Å². The molecule has 3 unspecified atom stereocenters. The quantitative estimate of drug-likeness (QED) is 0.676. The van der Waals surface area contributed by atoms with E-state index in [0.29, 0.717) is 28.0 Å². The first-order valence-corrected chi connectivity index (χ1v) is 11.6. The first-order chi connectivity index (χ1) is 13.9. The lowest BCUT2D eigenvalue weighted by molar-refractivity contribution is 0.0691. The number of halogens is 1. The highest BCUT2D eigenvalue weighted by Crippen LogP contribution is 2.43. The smallest absolute Gasteiger partial charge is 0.263 e. The Morgan fingerprint density at radius 1 is 1.21 bits per heavy atom. The number of carbonyl (C=O) groups is 1. The van der Waals surface area contributed by atoms with Crippen LogP contribution in [0.25, 0.3) is 0 Å². The number of carbonyl (C=O) groups excluding carboxylic acids is 1. The van der Waals surface area contributed by atoms with Gasteiger partial charge in [-0.3, -0.25) is 9.69 Å². The molecule has 0 aliphatic carbocycles. The van der Waals surface area contributed by atoms with Crippen LogP contribution in [0.4, 0.5) is 0 Å². The van der Waals surface area contributed by atoms with E-state index in [1.54, 1.807) is 13.2 Å². The molecule has 29 heavy (non-hydrogen) atoms. The van der Waals surface area contributed by atoms with Crippen molar-refractivity contribution < 1.29 is 9.53 Å². The van der Waals surface area contributed by atoms with Crippen LogP contribution in [0.3, 0.4) is 0 Å². The van der Waals surface area contributed by atoms with E-state index in [2.05, 4.69) is 43.1 Å². The van der Waals surface area contributed by atoms with Gasteiger partial charge in [-0.15, -0.1) is 11.3 Å². The minimum absolute atomic E-state index is 0.0301. The summed E-state index contributed by atoms with van der Waals surface area (Å²) in [5.74, 6) is 0.924. The summed E-state index contributed by atoms with van der Waals surface area (Å²) in [4.78, 5) is 15.9. The number of benzene rings is 1. The molecule has 1 aromatic carbocycles. The second kappa shape index (κ2) is 8.29. The summed E-state index contributed by atoms with van der Waals surface area (Å²) in [7, 11) is 1.73. The molecule has 6 heteroatoms. The van der Waals surface area contributed by atoms with Gasteiger partial charge in [0.25, 0.3) is 5.91 Å². The van der Waals surface area contributed by atoms with Crippen LogP contribution in [0.2, 0.25) is 5.02 Å². The molecule has 3 heterocycles. The third kappa shape index (κ3) is 3.80. The summed E-state index contributed by atoms with van der Waals surface area (Å²) >= 11 is 7.54. The van der Waals surface area contributed by atoms with Crippen molar-refractivity contribution in [2.24, 2.45) is 0 Å². The average molecular weight is 433 g/mol. The van der Waals surface area contributed by atoms with Gasteiger partial charge in [0.1, 0.15) is 10.6 Å². The van der Waals surface area contributed by atoms with Crippen LogP contribution in [0.1, 0.15) is 65.0 Å². The van der Waals surface area contributed by atoms with Crippen LogP contribution in [0.15, 0.2) is 23.6 Å². The Balaban J connectivity index is 1.48. The second-order valence-corrected chi connectivity index (χ2v) is 9.68. The molecular formula is C23H29ClN2O2S. The van der Waals surface area contributed by atoms with Crippen LogP contribution in [-0.4, -0.2) is 36.0 Å². The van der Waals surface area contributed by atoms with E-state index in [0.717, 1.165) is 18.6 Å². The molecule has 2 fully saturated rings. The van der Waals surface area contributed by atoms with Crippen molar-refractivity contribution in [2.45, 2.75) is 70.6 Å². The van der Waals surface area contributed by atoms with Gasteiger partial charge in [-0.25, -0.2) is 0 Å².